The zero-order valence-electron chi connectivity index (χ0n) is 16.5. The topological polar surface area (TPSA) is 56.8 Å². The van der Waals surface area contributed by atoms with Crippen LogP contribution in [0.2, 0.25) is 0 Å². The van der Waals surface area contributed by atoms with E-state index in [1.165, 1.54) is 19.3 Å². The lowest BCUT2D eigenvalue weighted by molar-refractivity contribution is 0.104. The molecule has 0 radical (unpaired) electrons. The van der Waals surface area contributed by atoms with E-state index in [4.69, 9.17) is 14.2 Å². The van der Waals surface area contributed by atoms with Gasteiger partial charge in [0, 0.05) is 34.4 Å². The molecule has 0 aromatic heterocycles. The van der Waals surface area contributed by atoms with E-state index in [1.54, 1.807) is 13.2 Å². The van der Waals surface area contributed by atoms with Crippen molar-refractivity contribution < 1.29 is 19.0 Å². The van der Waals surface area contributed by atoms with E-state index in [-0.39, 0.29) is 5.78 Å². The molecule has 1 fully saturated rings. The quantitative estimate of drug-likeness (QED) is 0.664. The van der Waals surface area contributed by atoms with Crippen LogP contribution in [0.5, 0.6) is 17.2 Å². The molecule has 1 unspecified atom stereocenters. The predicted octanol–water partition coefficient (Wildman–Crippen LogP) is 4.22. The molecule has 5 nitrogen and oxygen atoms in total. The van der Waals surface area contributed by atoms with Crippen LogP contribution in [0.25, 0.3) is 11.1 Å². The maximum absolute atomic E-state index is 13.0. The third kappa shape index (κ3) is 3.47. The second-order valence-electron chi connectivity index (χ2n) is 7.27. The highest BCUT2D eigenvalue weighted by molar-refractivity contribution is 6.23. The van der Waals surface area contributed by atoms with Crippen LogP contribution in [0.1, 0.15) is 48.5 Å². The normalized spacial score (nSPS) is 17.8. The number of ether oxygens (including phenoxy) is 3. The molecule has 1 N–H and O–H groups in total. The third-order valence-corrected chi connectivity index (χ3v) is 5.51. The van der Waals surface area contributed by atoms with Crippen LogP contribution in [0.15, 0.2) is 30.3 Å². The Bertz CT molecular complexity index is 871. The first-order valence-electron chi connectivity index (χ1n) is 10.1. The highest BCUT2D eigenvalue weighted by Gasteiger charge is 2.33. The molecule has 5 heteroatoms. The molecular weight excluding hydrogens is 354 g/mol. The van der Waals surface area contributed by atoms with Gasteiger partial charge in [-0.1, -0.05) is 18.6 Å². The van der Waals surface area contributed by atoms with Gasteiger partial charge in [-0.05, 0) is 44.9 Å². The molecule has 2 aliphatic rings. The highest BCUT2D eigenvalue weighted by atomic mass is 16.5. The summed E-state index contributed by atoms with van der Waals surface area (Å²) in [6, 6.07) is 9.83. The summed E-state index contributed by atoms with van der Waals surface area (Å²) in [7, 11) is 1.62. The summed E-state index contributed by atoms with van der Waals surface area (Å²) in [5, 5.41) is 3.55. The van der Waals surface area contributed by atoms with Gasteiger partial charge in [0.15, 0.2) is 5.78 Å². The largest absolute Gasteiger partial charge is 0.496 e. The molecule has 0 spiro atoms. The Hall–Kier alpha value is -2.53. The van der Waals surface area contributed by atoms with Gasteiger partial charge in [-0.15, -0.1) is 0 Å². The molecule has 0 saturated carbocycles. The number of piperidine rings is 1. The van der Waals surface area contributed by atoms with Crippen LogP contribution in [0, 0.1) is 0 Å². The SMILES string of the molecule is CCOc1cc(OC)c2c(c1)C(=O)c1cccc(OCCC3CCCCN3)c1-2. The Kier molecular flexibility index (Phi) is 5.53. The Morgan fingerprint density at radius 2 is 1.93 bits per heavy atom. The third-order valence-electron chi connectivity index (χ3n) is 5.51. The van der Waals surface area contributed by atoms with Crippen molar-refractivity contribution in [3.63, 3.8) is 0 Å². The van der Waals surface area contributed by atoms with Crippen molar-refractivity contribution in [2.75, 3.05) is 26.9 Å². The molecule has 1 atom stereocenters. The van der Waals surface area contributed by atoms with Gasteiger partial charge in [-0.2, -0.15) is 0 Å². The van der Waals surface area contributed by atoms with Gasteiger partial charge >= 0.3 is 0 Å². The number of methoxy groups -OCH3 is 1. The van der Waals surface area contributed by atoms with Crippen molar-refractivity contribution in [3.8, 4) is 28.4 Å². The molecule has 1 aliphatic carbocycles. The second-order valence-corrected chi connectivity index (χ2v) is 7.27. The van der Waals surface area contributed by atoms with E-state index >= 15 is 0 Å². The fraction of sp³-hybridized carbons (Fsp3) is 0.435. The lowest BCUT2D eigenvalue weighted by atomic mass is 10.0. The Labute approximate surface area is 166 Å². The standard InChI is InChI=1S/C23H27NO4/c1-3-27-16-13-18-22(20(14-16)26-2)21-17(23(18)25)8-6-9-19(21)28-12-10-15-7-4-5-11-24-15/h6,8-9,13-15,24H,3-5,7,10-12H2,1-2H3. The van der Waals surface area contributed by atoms with E-state index in [9.17, 15) is 4.79 Å². The monoisotopic (exact) mass is 381 g/mol. The minimum Gasteiger partial charge on any atom is -0.496 e. The molecule has 1 aliphatic heterocycles. The molecule has 148 valence electrons. The molecule has 1 heterocycles. The van der Waals surface area contributed by atoms with Crippen molar-refractivity contribution in [2.24, 2.45) is 0 Å². The van der Waals surface area contributed by atoms with E-state index in [0.717, 1.165) is 29.8 Å². The zero-order chi connectivity index (χ0) is 19.5. The van der Waals surface area contributed by atoms with Crippen LogP contribution in [0.3, 0.4) is 0 Å². The molecule has 0 amide bonds. The van der Waals surface area contributed by atoms with Gasteiger partial charge in [-0.3, -0.25) is 4.79 Å². The minimum absolute atomic E-state index is 0.00995. The van der Waals surface area contributed by atoms with E-state index in [1.807, 2.05) is 31.2 Å². The van der Waals surface area contributed by atoms with Gasteiger partial charge in [0.2, 0.25) is 0 Å². The number of carbonyl (C=O) groups excluding carboxylic acids is 1. The fourth-order valence-corrected chi connectivity index (χ4v) is 4.16. The number of hydrogen-bond donors (Lipinski definition) is 1. The maximum Gasteiger partial charge on any atom is 0.194 e. The molecular formula is C23H27NO4. The molecule has 2 aromatic rings. The number of nitrogens with one attached hydrogen (secondary N) is 1. The van der Waals surface area contributed by atoms with Crippen molar-refractivity contribution >= 4 is 5.78 Å². The van der Waals surface area contributed by atoms with Crippen LogP contribution in [0.4, 0.5) is 0 Å². The Morgan fingerprint density at radius 3 is 2.68 bits per heavy atom. The number of fused-ring (bicyclic) bond motifs is 3. The first kappa shape index (κ1) is 18.8. The molecule has 28 heavy (non-hydrogen) atoms. The van der Waals surface area contributed by atoms with Crippen LogP contribution >= 0.6 is 0 Å². The van der Waals surface area contributed by atoms with Crippen LogP contribution in [-0.4, -0.2) is 38.7 Å². The van der Waals surface area contributed by atoms with Gasteiger partial charge in [0.05, 0.1) is 20.3 Å². The van der Waals surface area contributed by atoms with Crippen molar-refractivity contribution in [3.05, 3.63) is 41.5 Å². The summed E-state index contributed by atoms with van der Waals surface area (Å²) in [6.45, 7) is 4.17. The number of rotatable bonds is 7. The predicted molar refractivity (Wildman–Crippen MR) is 109 cm³/mol. The number of benzene rings is 2. The lowest BCUT2D eigenvalue weighted by Crippen LogP contribution is -2.35. The number of ketones is 1. The number of carbonyl (C=O) groups is 1. The van der Waals surface area contributed by atoms with Gasteiger partial charge < -0.3 is 19.5 Å². The first-order chi connectivity index (χ1) is 13.7. The average molecular weight is 381 g/mol. The van der Waals surface area contributed by atoms with Crippen molar-refractivity contribution in [1.29, 1.82) is 0 Å². The van der Waals surface area contributed by atoms with Crippen LogP contribution in [-0.2, 0) is 0 Å². The van der Waals surface area contributed by atoms with Crippen molar-refractivity contribution in [1.82, 2.24) is 5.32 Å². The second kappa shape index (κ2) is 8.23. The number of hydrogen-bond acceptors (Lipinski definition) is 5. The fourth-order valence-electron chi connectivity index (χ4n) is 4.16. The van der Waals surface area contributed by atoms with E-state index in [2.05, 4.69) is 5.32 Å². The van der Waals surface area contributed by atoms with Crippen molar-refractivity contribution in [2.45, 2.75) is 38.6 Å². The first-order valence-corrected chi connectivity index (χ1v) is 10.1. The highest BCUT2D eigenvalue weighted by Crippen LogP contribution is 2.48. The summed E-state index contributed by atoms with van der Waals surface area (Å²) in [5.74, 6) is 2.01. The smallest absolute Gasteiger partial charge is 0.194 e. The van der Waals surface area contributed by atoms with E-state index in [0.29, 0.717) is 41.9 Å². The summed E-state index contributed by atoms with van der Waals surface area (Å²) < 4.78 is 17.4. The minimum atomic E-state index is -0.00995. The summed E-state index contributed by atoms with van der Waals surface area (Å²) in [6.07, 6.45) is 4.70. The molecule has 2 aromatic carbocycles. The molecule has 1 saturated heterocycles. The maximum atomic E-state index is 13.0. The Morgan fingerprint density at radius 1 is 1.07 bits per heavy atom. The summed E-state index contributed by atoms with van der Waals surface area (Å²) >= 11 is 0. The molecule has 0 bridgehead atoms. The van der Waals surface area contributed by atoms with Gasteiger partial charge in [-0.25, -0.2) is 0 Å². The average Bonchev–Trinajstić information content (AvgIpc) is 3.02. The summed E-state index contributed by atoms with van der Waals surface area (Å²) in [4.78, 5) is 13.0. The van der Waals surface area contributed by atoms with E-state index < -0.39 is 0 Å². The zero-order valence-corrected chi connectivity index (χ0v) is 16.5. The van der Waals surface area contributed by atoms with Gasteiger partial charge in [0.25, 0.3) is 0 Å². The lowest BCUT2D eigenvalue weighted by Gasteiger charge is -2.23. The Balaban J connectivity index is 1.63. The van der Waals surface area contributed by atoms with Crippen LogP contribution < -0.4 is 19.5 Å². The van der Waals surface area contributed by atoms with Gasteiger partial charge in [0.1, 0.15) is 17.2 Å². The molecule has 4 rings (SSSR count). The summed E-state index contributed by atoms with van der Waals surface area (Å²) in [5.41, 5.74) is 2.91.